The summed E-state index contributed by atoms with van der Waals surface area (Å²) >= 11 is 3.56. The summed E-state index contributed by atoms with van der Waals surface area (Å²) in [5.41, 5.74) is 2.48. The first kappa shape index (κ1) is 13.4. The van der Waals surface area contributed by atoms with Gasteiger partial charge in [0, 0.05) is 23.1 Å². The molecule has 2 heterocycles. The van der Waals surface area contributed by atoms with Crippen LogP contribution >= 0.6 is 15.9 Å². The first-order chi connectivity index (χ1) is 9.33. The first-order valence-corrected chi connectivity index (χ1v) is 7.85. The van der Waals surface area contributed by atoms with E-state index in [9.17, 15) is 0 Å². The van der Waals surface area contributed by atoms with E-state index in [0.717, 1.165) is 42.9 Å². The van der Waals surface area contributed by atoms with Crippen LogP contribution in [0.2, 0.25) is 0 Å². The Balaban J connectivity index is 1.57. The molecular formula is C15H20BrNO2. The van der Waals surface area contributed by atoms with Gasteiger partial charge in [-0.05, 0) is 49.5 Å². The molecule has 0 amide bonds. The monoisotopic (exact) mass is 325 g/mol. The van der Waals surface area contributed by atoms with Crippen LogP contribution in [0.25, 0.3) is 0 Å². The summed E-state index contributed by atoms with van der Waals surface area (Å²) in [5, 5.41) is 3.38. The van der Waals surface area contributed by atoms with E-state index in [2.05, 4.69) is 33.4 Å². The minimum Gasteiger partial charge on any atom is -0.493 e. The lowest BCUT2D eigenvalue weighted by atomic mass is 9.99. The van der Waals surface area contributed by atoms with Gasteiger partial charge in [0.15, 0.2) is 0 Å². The molecule has 1 aromatic rings. The van der Waals surface area contributed by atoms with E-state index in [1.807, 2.05) is 0 Å². The van der Waals surface area contributed by atoms with Gasteiger partial charge in [0.05, 0.1) is 13.2 Å². The van der Waals surface area contributed by atoms with Crippen LogP contribution in [0.1, 0.15) is 24.0 Å². The molecule has 0 atom stereocenters. The molecule has 3 nitrogen and oxygen atoms in total. The minimum atomic E-state index is 0.658. The Morgan fingerprint density at radius 1 is 1.32 bits per heavy atom. The zero-order chi connectivity index (χ0) is 13.1. The van der Waals surface area contributed by atoms with Crippen molar-refractivity contribution in [3.05, 3.63) is 27.7 Å². The summed E-state index contributed by atoms with van der Waals surface area (Å²) in [6.07, 6.45) is 3.47. The van der Waals surface area contributed by atoms with E-state index in [4.69, 9.17) is 9.47 Å². The van der Waals surface area contributed by atoms with Gasteiger partial charge in [0.25, 0.3) is 0 Å². The second-order valence-electron chi connectivity index (χ2n) is 5.36. The third-order valence-corrected chi connectivity index (χ3v) is 4.35. The summed E-state index contributed by atoms with van der Waals surface area (Å²) in [6.45, 7) is 4.58. The van der Waals surface area contributed by atoms with Crippen molar-refractivity contribution in [2.75, 3.05) is 26.3 Å². The molecule has 0 aliphatic carbocycles. The molecule has 1 saturated heterocycles. The average molecular weight is 326 g/mol. The molecule has 104 valence electrons. The van der Waals surface area contributed by atoms with Gasteiger partial charge in [-0.3, -0.25) is 0 Å². The molecule has 1 aromatic carbocycles. The van der Waals surface area contributed by atoms with Crippen molar-refractivity contribution in [2.24, 2.45) is 5.92 Å². The van der Waals surface area contributed by atoms with Crippen molar-refractivity contribution in [3.63, 3.8) is 0 Å². The predicted molar refractivity (Wildman–Crippen MR) is 78.6 cm³/mol. The Kier molecular flexibility index (Phi) is 4.41. The largest absolute Gasteiger partial charge is 0.493 e. The molecule has 2 aliphatic heterocycles. The summed E-state index contributed by atoms with van der Waals surface area (Å²) in [4.78, 5) is 0. The van der Waals surface area contributed by atoms with Crippen LogP contribution in [0, 0.1) is 5.92 Å². The quantitative estimate of drug-likeness (QED) is 0.923. The molecule has 4 heteroatoms. The van der Waals surface area contributed by atoms with Crippen molar-refractivity contribution < 1.29 is 9.47 Å². The van der Waals surface area contributed by atoms with Gasteiger partial charge in [0.1, 0.15) is 5.75 Å². The van der Waals surface area contributed by atoms with Crippen LogP contribution in [0.3, 0.4) is 0 Å². The van der Waals surface area contributed by atoms with E-state index in [0.29, 0.717) is 12.5 Å². The summed E-state index contributed by atoms with van der Waals surface area (Å²) in [7, 11) is 0. The van der Waals surface area contributed by atoms with Crippen molar-refractivity contribution in [1.82, 2.24) is 5.32 Å². The number of ether oxygens (including phenoxy) is 2. The number of rotatable bonds is 4. The van der Waals surface area contributed by atoms with Crippen molar-refractivity contribution in [1.29, 1.82) is 0 Å². The fourth-order valence-electron chi connectivity index (χ4n) is 2.84. The van der Waals surface area contributed by atoms with Gasteiger partial charge in [-0.25, -0.2) is 0 Å². The number of fused-ring (bicyclic) bond motifs is 1. The highest BCUT2D eigenvalue weighted by Crippen LogP contribution is 2.33. The van der Waals surface area contributed by atoms with Crippen molar-refractivity contribution >= 4 is 15.9 Å². The molecule has 0 bridgehead atoms. The maximum atomic E-state index is 5.91. The Bertz CT molecular complexity index is 444. The Morgan fingerprint density at radius 3 is 3.00 bits per heavy atom. The molecule has 1 N–H and O–H groups in total. The van der Waals surface area contributed by atoms with Crippen LogP contribution in [-0.2, 0) is 17.8 Å². The van der Waals surface area contributed by atoms with Gasteiger partial charge in [-0.15, -0.1) is 0 Å². The fourth-order valence-corrected chi connectivity index (χ4v) is 3.39. The van der Waals surface area contributed by atoms with Crippen LogP contribution in [0.15, 0.2) is 16.6 Å². The van der Waals surface area contributed by atoms with Crippen LogP contribution in [-0.4, -0.2) is 26.3 Å². The molecule has 0 radical (unpaired) electrons. The normalized spacial score (nSPS) is 19.2. The van der Waals surface area contributed by atoms with Gasteiger partial charge < -0.3 is 14.8 Å². The third-order valence-electron chi connectivity index (χ3n) is 3.90. The van der Waals surface area contributed by atoms with Crippen LogP contribution in [0.5, 0.6) is 5.75 Å². The molecule has 0 saturated carbocycles. The van der Waals surface area contributed by atoms with E-state index < -0.39 is 0 Å². The maximum Gasteiger partial charge on any atom is 0.128 e. The Labute approximate surface area is 122 Å². The highest BCUT2D eigenvalue weighted by molar-refractivity contribution is 9.10. The number of benzene rings is 1. The zero-order valence-electron chi connectivity index (χ0n) is 11.1. The molecule has 0 unspecified atom stereocenters. The second-order valence-corrected chi connectivity index (χ2v) is 6.28. The van der Waals surface area contributed by atoms with Crippen LogP contribution < -0.4 is 10.1 Å². The maximum absolute atomic E-state index is 5.91. The molecule has 0 aromatic heterocycles. The lowest BCUT2D eigenvalue weighted by molar-refractivity contribution is 0.0750. The molecule has 0 spiro atoms. The minimum absolute atomic E-state index is 0.658. The second kappa shape index (κ2) is 6.25. The topological polar surface area (TPSA) is 30.5 Å². The Morgan fingerprint density at radius 2 is 2.16 bits per heavy atom. The lowest BCUT2D eigenvalue weighted by Gasteiger charge is -2.22. The highest BCUT2D eigenvalue weighted by Gasteiger charge is 2.18. The molecule has 2 aliphatic rings. The van der Waals surface area contributed by atoms with Gasteiger partial charge in [0.2, 0.25) is 0 Å². The van der Waals surface area contributed by atoms with Crippen LogP contribution in [0.4, 0.5) is 0 Å². The smallest absolute Gasteiger partial charge is 0.128 e. The number of hydrogen-bond donors (Lipinski definition) is 1. The standard InChI is InChI=1S/C15H20BrNO2/c16-14-7-12-3-6-19-15(12)13(8-14)10-18-9-11-1-4-17-5-2-11/h7-8,11,17H,1-6,9-10H2. The summed E-state index contributed by atoms with van der Waals surface area (Å²) in [5.74, 6) is 1.76. The average Bonchev–Trinajstić information content (AvgIpc) is 2.88. The summed E-state index contributed by atoms with van der Waals surface area (Å²) in [6, 6.07) is 4.27. The lowest BCUT2D eigenvalue weighted by Crippen LogP contribution is -2.29. The zero-order valence-corrected chi connectivity index (χ0v) is 12.7. The number of halogens is 1. The highest BCUT2D eigenvalue weighted by atomic mass is 79.9. The van der Waals surface area contributed by atoms with E-state index in [1.165, 1.54) is 24.0 Å². The molecular weight excluding hydrogens is 306 g/mol. The summed E-state index contributed by atoms with van der Waals surface area (Å²) < 4.78 is 12.7. The third kappa shape index (κ3) is 3.30. The van der Waals surface area contributed by atoms with E-state index >= 15 is 0 Å². The van der Waals surface area contributed by atoms with E-state index in [-0.39, 0.29) is 0 Å². The van der Waals surface area contributed by atoms with Crippen molar-refractivity contribution in [3.8, 4) is 5.75 Å². The fraction of sp³-hybridized carbons (Fsp3) is 0.600. The van der Waals surface area contributed by atoms with Gasteiger partial charge in [-0.1, -0.05) is 15.9 Å². The van der Waals surface area contributed by atoms with Crippen molar-refractivity contribution in [2.45, 2.75) is 25.9 Å². The number of hydrogen-bond acceptors (Lipinski definition) is 3. The molecule has 19 heavy (non-hydrogen) atoms. The van der Waals surface area contributed by atoms with Gasteiger partial charge in [-0.2, -0.15) is 0 Å². The predicted octanol–water partition coefficient (Wildman–Crippen LogP) is 2.90. The molecule has 3 rings (SSSR count). The number of piperidine rings is 1. The Hall–Kier alpha value is -0.580. The van der Waals surface area contributed by atoms with Gasteiger partial charge >= 0.3 is 0 Å². The number of nitrogens with one attached hydrogen (secondary N) is 1. The van der Waals surface area contributed by atoms with E-state index in [1.54, 1.807) is 0 Å². The first-order valence-electron chi connectivity index (χ1n) is 7.05. The SMILES string of the molecule is Brc1cc2c(c(COCC3CCNCC3)c1)OCC2. The molecule has 1 fully saturated rings.